The zero-order valence-corrected chi connectivity index (χ0v) is 10.4. The van der Waals surface area contributed by atoms with Crippen molar-refractivity contribution >= 4 is 5.97 Å². The molecule has 0 aliphatic rings. The molecule has 0 aliphatic carbocycles. The van der Waals surface area contributed by atoms with Gasteiger partial charge in [-0.1, -0.05) is 0 Å². The summed E-state index contributed by atoms with van der Waals surface area (Å²) in [7, 11) is 0. The molecule has 0 spiro atoms. The number of rotatable bonds is 2. The first-order chi connectivity index (χ1) is 8.98. The molecule has 0 fully saturated rings. The van der Waals surface area contributed by atoms with Gasteiger partial charge in [0.15, 0.2) is 0 Å². The number of benzene rings is 1. The van der Waals surface area contributed by atoms with Gasteiger partial charge in [-0.15, -0.1) is 0 Å². The summed E-state index contributed by atoms with van der Waals surface area (Å²) < 4.78 is 80.4. The molecule has 1 aromatic rings. The quantitative estimate of drug-likeness (QED) is 0.604. The van der Waals surface area contributed by atoms with Crippen molar-refractivity contribution in [1.29, 1.82) is 0 Å². The largest absolute Gasteiger partial charge is 0.462 e. The highest BCUT2D eigenvalue weighted by molar-refractivity contribution is 5.91. The van der Waals surface area contributed by atoms with Crippen molar-refractivity contribution in [2.75, 3.05) is 6.61 Å². The predicted molar refractivity (Wildman–Crippen MR) is 57.1 cm³/mol. The van der Waals surface area contributed by atoms with Crippen LogP contribution in [0.5, 0.6) is 0 Å². The maximum Gasteiger partial charge on any atom is 0.416 e. The van der Waals surface area contributed by atoms with Gasteiger partial charge in [0.05, 0.1) is 23.3 Å². The molecular formula is C12H10F6O2. The Morgan fingerprint density at radius 3 is 2.05 bits per heavy atom. The molecular weight excluding hydrogens is 290 g/mol. The number of ether oxygens (including phenoxy) is 1. The molecule has 1 aromatic carbocycles. The number of halogens is 6. The van der Waals surface area contributed by atoms with E-state index in [0.717, 1.165) is 6.92 Å². The fraction of sp³-hybridized carbons (Fsp3) is 0.417. The van der Waals surface area contributed by atoms with Gasteiger partial charge in [0.1, 0.15) is 0 Å². The molecule has 0 aromatic heterocycles. The minimum Gasteiger partial charge on any atom is -0.462 e. The van der Waals surface area contributed by atoms with Crippen LogP contribution < -0.4 is 0 Å². The van der Waals surface area contributed by atoms with Crippen LogP contribution in [0, 0.1) is 6.92 Å². The van der Waals surface area contributed by atoms with Crippen LogP contribution in [0.15, 0.2) is 12.1 Å². The molecule has 0 amide bonds. The second-order valence-electron chi connectivity index (χ2n) is 3.91. The molecule has 8 heteroatoms. The molecule has 0 saturated carbocycles. The first-order valence-corrected chi connectivity index (χ1v) is 5.44. The van der Waals surface area contributed by atoms with Gasteiger partial charge in [-0.05, 0) is 31.5 Å². The van der Waals surface area contributed by atoms with Gasteiger partial charge in [-0.25, -0.2) is 4.79 Å². The molecule has 20 heavy (non-hydrogen) atoms. The summed E-state index contributed by atoms with van der Waals surface area (Å²) in [6.45, 7) is 2.16. The van der Waals surface area contributed by atoms with Gasteiger partial charge in [-0.3, -0.25) is 0 Å². The molecule has 0 atom stereocenters. The Morgan fingerprint density at radius 2 is 1.65 bits per heavy atom. The van der Waals surface area contributed by atoms with E-state index in [2.05, 4.69) is 4.74 Å². The summed E-state index contributed by atoms with van der Waals surface area (Å²) in [6.07, 6.45) is -9.98. The van der Waals surface area contributed by atoms with E-state index in [9.17, 15) is 31.1 Å². The van der Waals surface area contributed by atoms with E-state index in [-0.39, 0.29) is 12.7 Å². The van der Waals surface area contributed by atoms with Crippen LogP contribution >= 0.6 is 0 Å². The summed E-state index contributed by atoms with van der Waals surface area (Å²) in [4.78, 5) is 11.5. The van der Waals surface area contributed by atoms with Crippen molar-refractivity contribution in [2.24, 2.45) is 0 Å². The topological polar surface area (TPSA) is 26.3 Å². The van der Waals surface area contributed by atoms with E-state index >= 15 is 0 Å². The van der Waals surface area contributed by atoms with E-state index < -0.39 is 40.6 Å². The minimum absolute atomic E-state index is 0.0158. The number of hydrogen-bond acceptors (Lipinski definition) is 2. The third-order valence-corrected chi connectivity index (χ3v) is 2.54. The Labute approximate surface area is 110 Å². The molecule has 0 N–H and O–H groups in total. The highest BCUT2D eigenvalue weighted by atomic mass is 19.4. The van der Waals surface area contributed by atoms with Crippen LogP contribution in [0.3, 0.4) is 0 Å². The average Bonchev–Trinajstić information content (AvgIpc) is 2.26. The van der Waals surface area contributed by atoms with E-state index in [4.69, 9.17) is 0 Å². The Morgan fingerprint density at radius 1 is 1.10 bits per heavy atom. The third-order valence-electron chi connectivity index (χ3n) is 2.54. The van der Waals surface area contributed by atoms with Crippen molar-refractivity contribution < 1.29 is 35.9 Å². The molecule has 0 unspecified atom stereocenters. The van der Waals surface area contributed by atoms with Crippen LogP contribution in [0.2, 0.25) is 0 Å². The molecule has 1 rings (SSSR count). The van der Waals surface area contributed by atoms with Crippen LogP contribution in [0.4, 0.5) is 26.3 Å². The lowest BCUT2D eigenvalue weighted by molar-refractivity contribution is -0.143. The Bertz CT molecular complexity index is 516. The highest BCUT2D eigenvalue weighted by Crippen LogP contribution is 2.38. The fourth-order valence-corrected chi connectivity index (χ4v) is 1.59. The van der Waals surface area contributed by atoms with E-state index in [1.165, 1.54) is 6.92 Å². The summed E-state index contributed by atoms with van der Waals surface area (Å²) in [5.41, 5.74) is -4.38. The number of esters is 1. The maximum absolute atomic E-state index is 12.7. The molecule has 0 saturated heterocycles. The Balaban J connectivity index is 3.55. The normalized spacial score (nSPS) is 12.4. The van der Waals surface area contributed by atoms with Gasteiger partial charge in [0.2, 0.25) is 0 Å². The maximum atomic E-state index is 12.7. The lowest BCUT2D eigenvalue weighted by Gasteiger charge is -2.17. The number of hydrogen-bond donors (Lipinski definition) is 0. The van der Waals surface area contributed by atoms with Crippen molar-refractivity contribution in [3.8, 4) is 0 Å². The number of alkyl halides is 6. The highest BCUT2D eigenvalue weighted by Gasteiger charge is 2.39. The monoisotopic (exact) mass is 300 g/mol. The summed E-state index contributed by atoms with van der Waals surface area (Å²) in [6, 6.07) is 0.348. The summed E-state index contributed by atoms with van der Waals surface area (Å²) in [5, 5.41) is 0. The zero-order valence-electron chi connectivity index (χ0n) is 10.4. The standard InChI is InChI=1S/C12H10F6O2/c1-3-20-10(19)8-4-7(11(13,14)15)5-9(6(8)2)12(16,17)18/h4-5H,3H2,1-2H3. The van der Waals surface area contributed by atoms with Crippen molar-refractivity contribution in [3.63, 3.8) is 0 Å². The van der Waals surface area contributed by atoms with Gasteiger partial charge >= 0.3 is 18.3 Å². The first-order valence-electron chi connectivity index (χ1n) is 5.44. The molecule has 0 aliphatic heterocycles. The molecule has 2 nitrogen and oxygen atoms in total. The van der Waals surface area contributed by atoms with E-state index in [0.29, 0.717) is 6.07 Å². The lowest BCUT2D eigenvalue weighted by Crippen LogP contribution is -2.17. The van der Waals surface area contributed by atoms with E-state index in [1.54, 1.807) is 0 Å². The third kappa shape index (κ3) is 3.43. The average molecular weight is 300 g/mol. The lowest BCUT2D eigenvalue weighted by atomic mass is 9.98. The SMILES string of the molecule is CCOC(=O)c1cc(C(F)(F)F)cc(C(F)(F)F)c1C. The zero-order chi connectivity index (χ0) is 15.7. The fourth-order valence-electron chi connectivity index (χ4n) is 1.59. The summed E-state index contributed by atoms with van der Waals surface area (Å²) >= 11 is 0. The minimum atomic E-state index is -4.99. The van der Waals surface area contributed by atoms with E-state index in [1.807, 2.05) is 0 Å². The second-order valence-corrected chi connectivity index (χ2v) is 3.91. The van der Waals surface area contributed by atoms with Gasteiger partial charge < -0.3 is 4.74 Å². The second kappa shape index (κ2) is 5.34. The Kier molecular flexibility index (Phi) is 4.36. The molecule has 0 bridgehead atoms. The van der Waals surface area contributed by atoms with Gasteiger partial charge in [0, 0.05) is 0 Å². The smallest absolute Gasteiger partial charge is 0.416 e. The van der Waals surface area contributed by atoms with Crippen LogP contribution in [-0.4, -0.2) is 12.6 Å². The van der Waals surface area contributed by atoms with Crippen LogP contribution in [0.25, 0.3) is 0 Å². The van der Waals surface area contributed by atoms with Crippen molar-refractivity contribution in [1.82, 2.24) is 0 Å². The van der Waals surface area contributed by atoms with Crippen molar-refractivity contribution in [3.05, 3.63) is 34.4 Å². The number of carbonyl (C=O) groups is 1. The van der Waals surface area contributed by atoms with Crippen LogP contribution in [-0.2, 0) is 17.1 Å². The predicted octanol–water partition coefficient (Wildman–Crippen LogP) is 4.21. The molecule has 0 radical (unpaired) electrons. The van der Waals surface area contributed by atoms with Gasteiger partial charge in [-0.2, -0.15) is 26.3 Å². The molecule has 112 valence electrons. The van der Waals surface area contributed by atoms with Gasteiger partial charge in [0.25, 0.3) is 0 Å². The summed E-state index contributed by atoms with van der Waals surface area (Å²) in [5.74, 6) is -1.22. The van der Waals surface area contributed by atoms with Crippen LogP contribution in [0.1, 0.15) is 34.0 Å². The number of carbonyl (C=O) groups excluding carboxylic acids is 1. The van der Waals surface area contributed by atoms with Crippen molar-refractivity contribution in [2.45, 2.75) is 26.2 Å². The molecule has 0 heterocycles. The first kappa shape index (κ1) is 16.3. The Hall–Kier alpha value is -1.73.